The van der Waals surface area contributed by atoms with Crippen LogP contribution < -0.4 is 21.5 Å². The summed E-state index contributed by atoms with van der Waals surface area (Å²) in [5.74, 6) is 0.271. The molecule has 0 bridgehead atoms. The molecule has 2 aromatic heterocycles. The molecule has 2 amide bonds. The molecule has 3 N–H and O–H groups in total. The highest BCUT2D eigenvalue weighted by Gasteiger charge is 2.31. The molecule has 1 aliphatic rings. The van der Waals surface area contributed by atoms with Gasteiger partial charge in [0, 0.05) is 25.2 Å². The van der Waals surface area contributed by atoms with Crippen molar-refractivity contribution >= 4 is 23.5 Å². The summed E-state index contributed by atoms with van der Waals surface area (Å²) in [5.41, 5.74) is 1.53. The molecule has 38 heavy (non-hydrogen) atoms. The van der Waals surface area contributed by atoms with Crippen molar-refractivity contribution in [2.75, 3.05) is 10.6 Å². The van der Waals surface area contributed by atoms with Gasteiger partial charge in [0.25, 0.3) is 5.56 Å². The Morgan fingerprint density at radius 3 is 2.55 bits per heavy atom. The number of ether oxygens (including phenoxy) is 1. The molecule has 0 aliphatic carbocycles. The topological polar surface area (TPSA) is 127 Å². The van der Waals surface area contributed by atoms with Gasteiger partial charge in [-0.05, 0) is 63.4 Å². The second-order valence-corrected chi connectivity index (χ2v) is 10.1. The molecule has 1 atom stereocenters. The number of amides is 2. The van der Waals surface area contributed by atoms with Crippen LogP contribution in [0.4, 0.5) is 20.7 Å². The van der Waals surface area contributed by atoms with Gasteiger partial charge in [0.05, 0.1) is 6.20 Å². The summed E-state index contributed by atoms with van der Waals surface area (Å²) < 4.78 is 19.8. The molecule has 1 aliphatic heterocycles. The number of nitrogens with zero attached hydrogens (tertiary/aromatic N) is 3. The molecule has 11 heteroatoms. The standard InChI is InChI=1S/C27H31FN6O4/c1-16-18(7-11-22(32-16)33-26(37)38-27(2,3)4)14-31-24(35)21-10-12-23-30-15-20(25(36)34(21)23)29-13-17-5-8-19(28)9-6-17/h5-9,11,15,21,29H,10,12-14H2,1-4H3,(H,31,35)(H,32,33,37)/t21-/m0/s1. The van der Waals surface area contributed by atoms with E-state index >= 15 is 0 Å². The predicted octanol–water partition coefficient (Wildman–Crippen LogP) is 3.85. The summed E-state index contributed by atoms with van der Waals surface area (Å²) in [5, 5.41) is 8.52. The van der Waals surface area contributed by atoms with E-state index in [0.717, 1.165) is 11.1 Å². The molecule has 0 saturated carbocycles. The molecule has 3 aromatic rings. The Morgan fingerprint density at radius 1 is 1.13 bits per heavy atom. The first-order valence-electron chi connectivity index (χ1n) is 12.3. The van der Waals surface area contributed by atoms with E-state index in [-0.39, 0.29) is 29.5 Å². The fraction of sp³-hybridized carbons (Fsp3) is 0.370. The number of carbonyl (C=O) groups excluding carboxylic acids is 2. The van der Waals surface area contributed by atoms with Crippen LogP contribution in [0.5, 0.6) is 0 Å². The van der Waals surface area contributed by atoms with Crippen molar-refractivity contribution in [3.63, 3.8) is 0 Å². The quantitative estimate of drug-likeness (QED) is 0.430. The van der Waals surface area contributed by atoms with E-state index in [1.807, 2.05) is 0 Å². The molecule has 1 aromatic carbocycles. The normalized spacial score (nSPS) is 14.5. The zero-order chi connectivity index (χ0) is 27.4. The third-order valence-corrected chi connectivity index (χ3v) is 6.00. The van der Waals surface area contributed by atoms with Crippen LogP contribution >= 0.6 is 0 Å². The van der Waals surface area contributed by atoms with Crippen molar-refractivity contribution < 1.29 is 18.7 Å². The van der Waals surface area contributed by atoms with Crippen LogP contribution in [-0.4, -0.2) is 32.1 Å². The summed E-state index contributed by atoms with van der Waals surface area (Å²) >= 11 is 0. The Balaban J connectivity index is 1.39. The molecular formula is C27H31FN6O4. The van der Waals surface area contributed by atoms with Gasteiger partial charge in [0.15, 0.2) is 0 Å². The highest BCUT2D eigenvalue weighted by atomic mass is 19.1. The van der Waals surface area contributed by atoms with Crippen molar-refractivity contribution in [3.8, 4) is 0 Å². The van der Waals surface area contributed by atoms with Crippen LogP contribution in [0.1, 0.15) is 55.9 Å². The first kappa shape index (κ1) is 26.8. The highest BCUT2D eigenvalue weighted by Crippen LogP contribution is 2.24. The predicted molar refractivity (Wildman–Crippen MR) is 140 cm³/mol. The van der Waals surface area contributed by atoms with E-state index in [9.17, 15) is 18.8 Å². The second kappa shape index (κ2) is 11.0. The summed E-state index contributed by atoms with van der Waals surface area (Å²) in [6.07, 6.45) is 1.85. The van der Waals surface area contributed by atoms with Gasteiger partial charge >= 0.3 is 6.09 Å². The first-order valence-corrected chi connectivity index (χ1v) is 12.3. The van der Waals surface area contributed by atoms with E-state index in [1.165, 1.54) is 22.9 Å². The lowest BCUT2D eigenvalue weighted by atomic mass is 10.1. The third-order valence-electron chi connectivity index (χ3n) is 6.00. The molecule has 200 valence electrons. The number of aryl methyl sites for hydroxylation is 2. The number of carbonyl (C=O) groups is 2. The fourth-order valence-corrected chi connectivity index (χ4v) is 4.13. The maximum absolute atomic E-state index is 13.2. The largest absolute Gasteiger partial charge is 0.444 e. The van der Waals surface area contributed by atoms with Crippen LogP contribution in [0.2, 0.25) is 0 Å². The van der Waals surface area contributed by atoms with Gasteiger partial charge in [0.1, 0.15) is 34.8 Å². The lowest BCUT2D eigenvalue weighted by molar-refractivity contribution is -0.124. The molecule has 4 rings (SSSR count). The number of halogens is 1. The van der Waals surface area contributed by atoms with Crippen LogP contribution in [0.3, 0.4) is 0 Å². The lowest BCUT2D eigenvalue weighted by Gasteiger charge is -2.19. The van der Waals surface area contributed by atoms with Crippen molar-refractivity contribution in [1.82, 2.24) is 19.9 Å². The van der Waals surface area contributed by atoms with E-state index in [1.54, 1.807) is 52.0 Å². The molecule has 0 unspecified atom stereocenters. The van der Waals surface area contributed by atoms with Crippen LogP contribution in [0.15, 0.2) is 47.4 Å². The molecule has 10 nitrogen and oxygen atoms in total. The molecule has 0 fully saturated rings. The minimum atomic E-state index is -0.682. The maximum atomic E-state index is 13.2. The zero-order valence-electron chi connectivity index (χ0n) is 21.8. The Kier molecular flexibility index (Phi) is 7.75. The average molecular weight is 523 g/mol. The van der Waals surface area contributed by atoms with Crippen LogP contribution in [0, 0.1) is 12.7 Å². The molecule has 0 radical (unpaired) electrons. The minimum absolute atomic E-state index is 0.209. The van der Waals surface area contributed by atoms with Crippen molar-refractivity contribution in [2.24, 2.45) is 0 Å². The summed E-state index contributed by atoms with van der Waals surface area (Å²) in [6, 6.07) is 8.70. The van der Waals surface area contributed by atoms with E-state index < -0.39 is 17.7 Å². The third kappa shape index (κ3) is 6.53. The summed E-state index contributed by atoms with van der Waals surface area (Å²) in [4.78, 5) is 46.9. The van der Waals surface area contributed by atoms with Gasteiger partial charge in [-0.2, -0.15) is 0 Å². The van der Waals surface area contributed by atoms with Gasteiger partial charge in [0.2, 0.25) is 5.91 Å². The molecule has 3 heterocycles. The van der Waals surface area contributed by atoms with E-state index in [2.05, 4.69) is 25.9 Å². The number of aromatic nitrogens is 3. The zero-order valence-corrected chi connectivity index (χ0v) is 21.8. The Bertz CT molecular complexity index is 1400. The number of rotatable bonds is 7. The number of hydrogen-bond donors (Lipinski definition) is 3. The SMILES string of the molecule is Cc1nc(NC(=O)OC(C)(C)C)ccc1CNC(=O)[C@@H]1CCc2ncc(NCc3ccc(F)cc3)c(=O)n21. The fourth-order valence-electron chi connectivity index (χ4n) is 4.13. The maximum Gasteiger partial charge on any atom is 0.413 e. The Morgan fingerprint density at radius 2 is 1.87 bits per heavy atom. The number of hydrogen-bond acceptors (Lipinski definition) is 7. The van der Waals surface area contributed by atoms with Crippen molar-refractivity contribution in [2.45, 2.75) is 65.3 Å². The van der Waals surface area contributed by atoms with Crippen LogP contribution in [0.25, 0.3) is 0 Å². The molecule has 0 saturated heterocycles. The Labute approximate surface area is 219 Å². The number of anilines is 2. The summed E-state index contributed by atoms with van der Waals surface area (Å²) in [7, 11) is 0. The van der Waals surface area contributed by atoms with E-state index in [4.69, 9.17) is 4.74 Å². The number of benzene rings is 1. The van der Waals surface area contributed by atoms with Gasteiger partial charge in [-0.25, -0.2) is 19.2 Å². The number of fused-ring (bicyclic) bond motifs is 1. The average Bonchev–Trinajstić information content (AvgIpc) is 3.28. The second-order valence-electron chi connectivity index (χ2n) is 10.1. The Hall–Kier alpha value is -4.28. The lowest BCUT2D eigenvalue weighted by Crippen LogP contribution is -2.36. The van der Waals surface area contributed by atoms with Gasteiger partial charge in [-0.3, -0.25) is 19.5 Å². The minimum Gasteiger partial charge on any atom is -0.444 e. The monoisotopic (exact) mass is 522 g/mol. The summed E-state index contributed by atoms with van der Waals surface area (Å²) in [6.45, 7) is 7.62. The molecule has 0 spiro atoms. The van der Waals surface area contributed by atoms with Gasteiger partial charge in [-0.15, -0.1) is 0 Å². The van der Waals surface area contributed by atoms with Crippen molar-refractivity contribution in [3.05, 3.63) is 81.4 Å². The smallest absolute Gasteiger partial charge is 0.413 e. The molecular weight excluding hydrogens is 491 g/mol. The first-order chi connectivity index (χ1) is 18.0. The van der Waals surface area contributed by atoms with Gasteiger partial charge in [-0.1, -0.05) is 18.2 Å². The number of pyridine rings is 1. The van der Waals surface area contributed by atoms with E-state index in [0.29, 0.717) is 36.7 Å². The highest BCUT2D eigenvalue weighted by molar-refractivity contribution is 5.83. The van der Waals surface area contributed by atoms with Gasteiger partial charge < -0.3 is 15.4 Å². The van der Waals surface area contributed by atoms with Crippen molar-refractivity contribution in [1.29, 1.82) is 0 Å². The van der Waals surface area contributed by atoms with Crippen LogP contribution in [-0.2, 0) is 29.0 Å². The number of nitrogens with one attached hydrogen (secondary N) is 3.